The fourth-order valence-electron chi connectivity index (χ4n) is 1.42. The van der Waals surface area contributed by atoms with Crippen LogP contribution in [0, 0.1) is 11.6 Å². The number of hydrogen-bond donors (Lipinski definition) is 1. The number of ether oxygens (including phenoxy) is 1. The number of rotatable bonds is 4. The molecule has 0 spiro atoms. The minimum atomic E-state index is -4.24. The minimum Gasteiger partial charge on any atom is -0.459 e. The van der Waals surface area contributed by atoms with Crippen LogP contribution in [0.1, 0.15) is 27.7 Å². The fourth-order valence-corrected chi connectivity index (χ4v) is 2.66. The minimum absolute atomic E-state index is 0.552. The van der Waals surface area contributed by atoms with Gasteiger partial charge in [-0.1, -0.05) is 0 Å². The van der Waals surface area contributed by atoms with Crippen LogP contribution >= 0.6 is 0 Å². The molecule has 1 N–H and O–H groups in total. The summed E-state index contributed by atoms with van der Waals surface area (Å²) in [6.45, 7) is 6.18. The molecule has 8 heteroatoms. The molecule has 5 nitrogen and oxygen atoms in total. The highest BCUT2D eigenvalue weighted by Crippen LogP contribution is 2.15. The van der Waals surface area contributed by atoms with Gasteiger partial charge in [0.25, 0.3) is 0 Å². The molecular formula is C13H17F2NO4S. The lowest BCUT2D eigenvalue weighted by atomic mass is 10.2. The van der Waals surface area contributed by atoms with Gasteiger partial charge in [0.15, 0.2) is 0 Å². The van der Waals surface area contributed by atoms with E-state index in [1.54, 1.807) is 20.8 Å². The Hall–Kier alpha value is -1.54. The second-order valence-electron chi connectivity index (χ2n) is 5.48. The third kappa shape index (κ3) is 5.39. The number of hydrogen-bond acceptors (Lipinski definition) is 4. The van der Waals surface area contributed by atoms with E-state index in [2.05, 4.69) is 0 Å². The van der Waals surface area contributed by atoms with Gasteiger partial charge in [0, 0.05) is 6.07 Å². The molecule has 0 unspecified atom stereocenters. The van der Waals surface area contributed by atoms with Gasteiger partial charge in [-0.3, -0.25) is 4.79 Å². The van der Waals surface area contributed by atoms with E-state index in [1.165, 1.54) is 6.92 Å². The van der Waals surface area contributed by atoms with Crippen LogP contribution in [0.4, 0.5) is 8.78 Å². The molecule has 0 radical (unpaired) electrons. The van der Waals surface area contributed by atoms with Crippen LogP contribution in [-0.4, -0.2) is 26.0 Å². The zero-order chi connectivity index (χ0) is 16.4. The average molecular weight is 321 g/mol. The van der Waals surface area contributed by atoms with Crippen molar-refractivity contribution < 1.29 is 26.7 Å². The van der Waals surface area contributed by atoms with E-state index < -0.39 is 44.2 Å². The highest BCUT2D eigenvalue weighted by molar-refractivity contribution is 7.89. The zero-order valence-corrected chi connectivity index (χ0v) is 12.9. The molecule has 0 fully saturated rings. The smallest absolute Gasteiger partial charge is 0.324 e. The molecule has 118 valence electrons. The molecule has 1 rings (SSSR count). The van der Waals surface area contributed by atoms with Crippen molar-refractivity contribution in [1.29, 1.82) is 0 Å². The molecule has 0 aliphatic rings. The Morgan fingerprint density at radius 2 is 1.67 bits per heavy atom. The van der Waals surface area contributed by atoms with Crippen molar-refractivity contribution in [3.05, 3.63) is 29.8 Å². The van der Waals surface area contributed by atoms with E-state index in [9.17, 15) is 22.0 Å². The van der Waals surface area contributed by atoms with Gasteiger partial charge in [-0.15, -0.1) is 0 Å². The molecule has 0 bridgehead atoms. The van der Waals surface area contributed by atoms with E-state index in [0.29, 0.717) is 18.2 Å². The Morgan fingerprint density at radius 1 is 1.19 bits per heavy atom. The Labute approximate surface area is 122 Å². The summed E-state index contributed by atoms with van der Waals surface area (Å²) < 4.78 is 57.1. The third-order valence-corrected chi connectivity index (χ3v) is 3.76. The van der Waals surface area contributed by atoms with Crippen LogP contribution in [0.15, 0.2) is 23.1 Å². The van der Waals surface area contributed by atoms with Crippen molar-refractivity contribution in [2.75, 3.05) is 0 Å². The van der Waals surface area contributed by atoms with E-state index in [1.807, 2.05) is 4.72 Å². The second kappa shape index (κ2) is 6.07. The first-order valence-corrected chi connectivity index (χ1v) is 7.60. The van der Waals surface area contributed by atoms with Gasteiger partial charge < -0.3 is 4.74 Å². The van der Waals surface area contributed by atoms with Gasteiger partial charge in [0.05, 0.1) is 4.90 Å². The maximum atomic E-state index is 13.1. The van der Waals surface area contributed by atoms with Crippen LogP contribution in [0.3, 0.4) is 0 Å². The van der Waals surface area contributed by atoms with Crippen molar-refractivity contribution in [2.45, 2.75) is 44.2 Å². The zero-order valence-electron chi connectivity index (χ0n) is 12.1. The lowest BCUT2D eigenvalue weighted by Gasteiger charge is -2.22. The number of carbonyl (C=O) groups excluding carboxylic acids is 1. The maximum Gasteiger partial charge on any atom is 0.324 e. The number of halogens is 2. The predicted molar refractivity (Wildman–Crippen MR) is 72.0 cm³/mol. The van der Waals surface area contributed by atoms with Gasteiger partial charge >= 0.3 is 5.97 Å². The van der Waals surface area contributed by atoms with Gasteiger partial charge in [-0.25, -0.2) is 17.2 Å². The molecule has 1 aromatic rings. The monoisotopic (exact) mass is 321 g/mol. The van der Waals surface area contributed by atoms with E-state index in [-0.39, 0.29) is 0 Å². The summed E-state index contributed by atoms with van der Waals surface area (Å²) in [6, 6.07) is 0.678. The number of benzene rings is 1. The summed E-state index contributed by atoms with van der Waals surface area (Å²) in [5.74, 6) is -2.84. The lowest BCUT2D eigenvalue weighted by molar-refractivity contribution is -0.156. The molecule has 0 saturated carbocycles. The Bertz CT molecular complexity index is 618. The Balaban J connectivity index is 2.92. The van der Waals surface area contributed by atoms with E-state index >= 15 is 0 Å². The van der Waals surface area contributed by atoms with Crippen molar-refractivity contribution >= 4 is 16.0 Å². The van der Waals surface area contributed by atoms with Crippen LogP contribution < -0.4 is 4.72 Å². The standard InChI is InChI=1S/C13H17F2NO4S/c1-8(12(17)20-13(2,3)4)16-21(18,19)11-6-9(14)5-10(15)7-11/h5-8,16H,1-4H3/t8-/m0/s1. The average Bonchev–Trinajstić information content (AvgIpc) is 2.24. The quantitative estimate of drug-likeness (QED) is 0.861. The highest BCUT2D eigenvalue weighted by Gasteiger charge is 2.27. The van der Waals surface area contributed by atoms with Gasteiger partial charge in [0.2, 0.25) is 10.0 Å². The van der Waals surface area contributed by atoms with Crippen molar-refractivity contribution in [2.24, 2.45) is 0 Å². The van der Waals surface area contributed by atoms with Crippen molar-refractivity contribution in [3.8, 4) is 0 Å². The number of esters is 1. The topological polar surface area (TPSA) is 72.5 Å². The molecule has 0 aliphatic heterocycles. The van der Waals surface area contributed by atoms with Gasteiger partial charge in [0.1, 0.15) is 23.3 Å². The largest absolute Gasteiger partial charge is 0.459 e. The summed E-state index contributed by atoms with van der Waals surface area (Å²) >= 11 is 0. The van der Waals surface area contributed by atoms with Gasteiger partial charge in [-0.05, 0) is 39.8 Å². The SMILES string of the molecule is C[C@H](NS(=O)(=O)c1cc(F)cc(F)c1)C(=O)OC(C)(C)C. The molecule has 0 saturated heterocycles. The van der Waals surface area contributed by atoms with Crippen LogP contribution in [0.25, 0.3) is 0 Å². The van der Waals surface area contributed by atoms with Crippen LogP contribution in [0.2, 0.25) is 0 Å². The first kappa shape index (κ1) is 17.5. The number of carbonyl (C=O) groups is 1. The molecule has 0 aromatic heterocycles. The summed E-state index contributed by atoms with van der Waals surface area (Å²) in [6.07, 6.45) is 0. The molecule has 0 heterocycles. The van der Waals surface area contributed by atoms with Crippen molar-refractivity contribution in [1.82, 2.24) is 4.72 Å². The molecule has 0 aliphatic carbocycles. The first-order chi connectivity index (χ1) is 9.40. The predicted octanol–water partition coefficient (Wildman–Crippen LogP) is 1.97. The molecule has 1 aromatic carbocycles. The maximum absolute atomic E-state index is 13.1. The summed E-state index contributed by atoms with van der Waals surface area (Å²) in [7, 11) is -4.24. The highest BCUT2D eigenvalue weighted by atomic mass is 32.2. The van der Waals surface area contributed by atoms with E-state index in [4.69, 9.17) is 4.74 Å². The Kier molecular flexibility index (Phi) is 5.06. The molecule has 0 amide bonds. The fraction of sp³-hybridized carbons (Fsp3) is 0.462. The van der Waals surface area contributed by atoms with Crippen LogP contribution in [-0.2, 0) is 19.6 Å². The summed E-state index contributed by atoms with van der Waals surface area (Å²) in [5, 5.41) is 0. The number of nitrogens with one attached hydrogen (secondary N) is 1. The summed E-state index contributed by atoms with van der Waals surface area (Å²) in [5.41, 5.74) is -0.776. The second-order valence-corrected chi connectivity index (χ2v) is 7.20. The van der Waals surface area contributed by atoms with Gasteiger partial charge in [-0.2, -0.15) is 4.72 Å². The third-order valence-electron chi connectivity index (χ3n) is 2.24. The summed E-state index contributed by atoms with van der Waals surface area (Å²) in [4.78, 5) is 11.1. The van der Waals surface area contributed by atoms with Crippen LogP contribution in [0.5, 0.6) is 0 Å². The molecule has 1 atom stereocenters. The van der Waals surface area contributed by atoms with E-state index in [0.717, 1.165) is 0 Å². The number of sulfonamides is 1. The molecule has 21 heavy (non-hydrogen) atoms. The first-order valence-electron chi connectivity index (χ1n) is 6.12. The molecular weight excluding hydrogens is 304 g/mol. The normalized spacial score (nSPS) is 13.8. The Morgan fingerprint density at radius 3 is 2.10 bits per heavy atom. The lowest BCUT2D eigenvalue weighted by Crippen LogP contribution is -2.42. The van der Waals surface area contributed by atoms with Crippen molar-refractivity contribution in [3.63, 3.8) is 0 Å².